The van der Waals surface area contributed by atoms with Crippen LogP contribution >= 0.6 is 12.4 Å². The number of nitrogens with zero attached hydrogens (tertiary/aromatic N) is 1. The molecule has 1 N–H and O–H groups in total. The van der Waals surface area contributed by atoms with Gasteiger partial charge in [0.05, 0.1) is 12.6 Å². The molecule has 48 heavy (non-hydrogen) atoms. The zero-order valence-corrected chi connectivity index (χ0v) is 30.3. The lowest BCUT2D eigenvalue weighted by Crippen LogP contribution is -2.47. The SMILES string of the molecule is CN(C)CC(=O)Oc1ccc2c(c1)C[C@@H](CCCCCCCCC[S+]([O-])CCCC(F)(F)C(F)(F)F)[C@@H]1[C@@H]2CC[C@]2(C)[C@@H](O)CC[C@@H]12.Cl. The van der Waals surface area contributed by atoms with E-state index in [0.29, 0.717) is 41.6 Å². The number of halogens is 6. The molecule has 2 fully saturated rings. The largest absolute Gasteiger partial charge is 0.616 e. The zero-order valence-electron chi connectivity index (χ0n) is 28.7. The summed E-state index contributed by atoms with van der Waals surface area (Å²) in [6.45, 7) is 2.53. The topological polar surface area (TPSA) is 72.8 Å². The van der Waals surface area contributed by atoms with E-state index < -0.39 is 36.1 Å². The number of carbonyl (C=O) groups excluding carboxylic acids is 1. The molecule has 0 heterocycles. The van der Waals surface area contributed by atoms with Gasteiger partial charge in [-0.2, -0.15) is 22.0 Å². The second-order valence-electron chi connectivity index (χ2n) is 14.9. The minimum atomic E-state index is -5.55. The van der Waals surface area contributed by atoms with Crippen molar-refractivity contribution in [2.24, 2.45) is 23.2 Å². The lowest BCUT2D eigenvalue weighted by molar-refractivity contribution is -0.284. The molecule has 1 aromatic rings. The Bertz CT molecular complexity index is 1170. The van der Waals surface area contributed by atoms with E-state index in [1.165, 1.54) is 11.1 Å². The maximum absolute atomic E-state index is 13.0. The van der Waals surface area contributed by atoms with Crippen molar-refractivity contribution in [3.05, 3.63) is 29.3 Å². The molecule has 0 saturated heterocycles. The Kier molecular flexibility index (Phi) is 15.4. The highest BCUT2D eigenvalue weighted by atomic mass is 35.5. The number of likely N-dealkylation sites (N-methyl/N-ethyl adjacent to an activating group) is 1. The molecule has 0 spiro atoms. The average Bonchev–Trinajstić information content (AvgIpc) is 3.28. The standard InChI is InChI=1S/C36H54F5NO4S.ClH/c1-34-19-17-29-28-14-13-27(46-32(44)24-42(2)3)23-26(28)22-25(33(29)30(34)15-16-31(34)43)12-9-7-5-4-6-8-10-20-47(45)21-11-18-35(37,38)36(39,40)41;/h13-14,23,25,29-31,33,43H,4-12,15-22,24H2,1-3H3;1H/t25-,29-,30+,31+,33-,34+,47?;/m1./s1. The van der Waals surface area contributed by atoms with Gasteiger partial charge >= 0.3 is 18.1 Å². The van der Waals surface area contributed by atoms with Crippen LogP contribution in [0.2, 0.25) is 0 Å². The first-order valence-corrected chi connectivity index (χ1v) is 19.1. The van der Waals surface area contributed by atoms with Crippen LogP contribution in [0, 0.1) is 23.2 Å². The second-order valence-corrected chi connectivity index (χ2v) is 16.6. The summed E-state index contributed by atoms with van der Waals surface area (Å²) < 4.78 is 80.6. The van der Waals surface area contributed by atoms with Crippen molar-refractivity contribution in [3.8, 4) is 5.75 Å². The van der Waals surface area contributed by atoms with Crippen LogP contribution in [0.5, 0.6) is 5.75 Å². The number of alkyl halides is 5. The minimum Gasteiger partial charge on any atom is -0.616 e. The van der Waals surface area contributed by atoms with Crippen LogP contribution in [0.3, 0.4) is 0 Å². The van der Waals surface area contributed by atoms with Crippen LogP contribution in [-0.4, -0.2) is 70.9 Å². The van der Waals surface area contributed by atoms with E-state index in [1.54, 1.807) is 4.90 Å². The molecular formula is C36H55ClF5NO4S. The van der Waals surface area contributed by atoms with Crippen LogP contribution < -0.4 is 4.74 Å². The van der Waals surface area contributed by atoms with Crippen LogP contribution in [0.1, 0.15) is 114 Å². The average molecular weight is 728 g/mol. The molecule has 1 aromatic carbocycles. The third-order valence-electron chi connectivity index (χ3n) is 11.2. The number of hydrogen-bond donors (Lipinski definition) is 1. The normalized spacial score (nSPS) is 27.5. The highest BCUT2D eigenvalue weighted by Gasteiger charge is 2.57. The van der Waals surface area contributed by atoms with Gasteiger partial charge in [0.2, 0.25) is 0 Å². The second kappa shape index (κ2) is 17.9. The van der Waals surface area contributed by atoms with Gasteiger partial charge in [0.25, 0.3) is 0 Å². The van der Waals surface area contributed by atoms with Gasteiger partial charge in [-0.3, -0.25) is 9.69 Å². The summed E-state index contributed by atoms with van der Waals surface area (Å²) in [6, 6.07) is 6.20. The molecule has 0 aliphatic heterocycles. The predicted molar refractivity (Wildman–Crippen MR) is 182 cm³/mol. The molecule has 12 heteroatoms. The smallest absolute Gasteiger partial charge is 0.453 e. The summed E-state index contributed by atoms with van der Waals surface area (Å²) in [7, 11) is 3.68. The summed E-state index contributed by atoms with van der Waals surface area (Å²) in [6.07, 6.45) is 5.59. The Hall–Kier alpha value is -1.14. The van der Waals surface area contributed by atoms with Crippen molar-refractivity contribution in [1.29, 1.82) is 0 Å². The Morgan fingerprint density at radius 1 is 1.00 bits per heavy atom. The lowest BCUT2D eigenvalue weighted by Gasteiger charge is -2.53. The number of rotatable bonds is 17. The number of ether oxygens (including phenoxy) is 1. The van der Waals surface area contributed by atoms with Crippen LogP contribution in [0.25, 0.3) is 0 Å². The fourth-order valence-electron chi connectivity index (χ4n) is 8.76. The number of hydrogen-bond acceptors (Lipinski definition) is 5. The van der Waals surface area contributed by atoms with E-state index >= 15 is 0 Å². The van der Waals surface area contributed by atoms with Gasteiger partial charge in [0.1, 0.15) is 17.3 Å². The third-order valence-corrected chi connectivity index (χ3v) is 12.7. The number of unbranched alkanes of at least 4 members (excludes halogenated alkanes) is 6. The molecule has 3 aliphatic carbocycles. The summed E-state index contributed by atoms with van der Waals surface area (Å²) in [5.74, 6) is -2.13. The van der Waals surface area contributed by atoms with E-state index in [0.717, 1.165) is 77.0 Å². The number of benzene rings is 1. The van der Waals surface area contributed by atoms with Crippen LogP contribution in [-0.2, 0) is 22.4 Å². The fraction of sp³-hybridized carbons (Fsp3) is 0.806. The number of aliphatic hydroxyl groups is 1. The fourth-order valence-corrected chi connectivity index (χ4v) is 9.96. The van der Waals surface area contributed by atoms with E-state index in [9.17, 15) is 36.4 Å². The summed E-state index contributed by atoms with van der Waals surface area (Å²) >= 11 is -1.37. The summed E-state index contributed by atoms with van der Waals surface area (Å²) in [5, 5.41) is 11.0. The molecular weight excluding hydrogens is 673 g/mol. The number of esters is 1. The van der Waals surface area contributed by atoms with Crippen molar-refractivity contribution in [3.63, 3.8) is 0 Å². The molecule has 276 valence electrons. The Labute approximate surface area is 292 Å². The van der Waals surface area contributed by atoms with Gasteiger partial charge in [-0.05, 0) is 124 Å². The summed E-state index contributed by atoms with van der Waals surface area (Å²) in [5.41, 5.74) is 2.67. The molecule has 0 amide bonds. The van der Waals surface area contributed by atoms with E-state index in [2.05, 4.69) is 19.1 Å². The third kappa shape index (κ3) is 10.5. The summed E-state index contributed by atoms with van der Waals surface area (Å²) in [4.78, 5) is 14.1. The lowest BCUT2D eigenvalue weighted by atomic mass is 9.52. The van der Waals surface area contributed by atoms with Crippen molar-refractivity contribution in [2.75, 3.05) is 32.1 Å². The molecule has 1 unspecified atom stereocenters. The van der Waals surface area contributed by atoms with Gasteiger partial charge in [-0.25, -0.2) is 0 Å². The first kappa shape index (κ1) is 41.3. The highest BCUT2D eigenvalue weighted by Crippen LogP contribution is 2.62. The number of carbonyl (C=O) groups is 1. The van der Waals surface area contributed by atoms with Crippen LogP contribution in [0.4, 0.5) is 22.0 Å². The monoisotopic (exact) mass is 727 g/mol. The molecule has 0 bridgehead atoms. The predicted octanol–water partition coefficient (Wildman–Crippen LogP) is 8.87. The molecule has 3 aliphatic rings. The van der Waals surface area contributed by atoms with E-state index in [4.69, 9.17) is 4.74 Å². The molecule has 0 radical (unpaired) electrons. The molecule has 7 atom stereocenters. The first-order valence-electron chi connectivity index (χ1n) is 17.6. The van der Waals surface area contributed by atoms with Gasteiger partial charge < -0.3 is 14.4 Å². The van der Waals surface area contributed by atoms with Crippen molar-refractivity contribution in [1.82, 2.24) is 4.90 Å². The van der Waals surface area contributed by atoms with Crippen molar-refractivity contribution >= 4 is 29.6 Å². The Morgan fingerprint density at radius 3 is 2.31 bits per heavy atom. The minimum absolute atomic E-state index is 0. The van der Waals surface area contributed by atoms with E-state index in [-0.39, 0.29) is 42.2 Å². The van der Waals surface area contributed by atoms with Crippen molar-refractivity contribution in [2.45, 2.75) is 127 Å². The van der Waals surface area contributed by atoms with Gasteiger partial charge in [-0.15, -0.1) is 12.4 Å². The van der Waals surface area contributed by atoms with Crippen LogP contribution in [0.15, 0.2) is 18.2 Å². The Morgan fingerprint density at radius 2 is 1.65 bits per heavy atom. The maximum atomic E-state index is 13.0. The van der Waals surface area contributed by atoms with Crippen molar-refractivity contribution < 1.29 is 41.1 Å². The number of aliphatic hydroxyl groups excluding tert-OH is 1. The molecule has 0 aromatic heterocycles. The highest BCUT2D eigenvalue weighted by molar-refractivity contribution is 7.91. The first-order chi connectivity index (χ1) is 22.1. The van der Waals surface area contributed by atoms with E-state index in [1.807, 2.05) is 20.2 Å². The van der Waals surface area contributed by atoms with Gasteiger partial charge in [-0.1, -0.05) is 56.3 Å². The quantitative estimate of drug-likeness (QED) is 0.0571. The molecule has 2 saturated carbocycles. The maximum Gasteiger partial charge on any atom is 0.453 e. The number of fused-ring (bicyclic) bond motifs is 5. The molecule has 4 rings (SSSR count). The van der Waals surface area contributed by atoms with Gasteiger partial charge in [0, 0.05) is 6.42 Å². The molecule has 5 nitrogen and oxygen atoms in total. The van der Waals surface area contributed by atoms with Gasteiger partial charge in [0.15, 0.2) is 0 Å². The Balaban J connectivity index is 0.00000625. The zero-order chi connectivity index (χ0) is 34.4.